The lowest BCUT2D eigenvalue weighted by Crippen LogP contribution is -2.24. The molecule has 1 saturated heterocycles. The first-order valence-electron chi connectivity index (χ1n) is 8.50. The molecule has 0 spiro atoms. The summed E-state index contributed by atoms with van der Waals surface area (Å²) >= 11 is 0. The Labute approximate surface area is 135 Å². The van der Waals surface area contributed by atoms with Gasteiger partial charge in [0.05, 0.1) is 19.3 Å². The Morgan fingerprint density at radius 2 is 1.77 bits per heavy atom. The molecule has 22 heavy (non-hydrogen) atoms. The normalized spacial score (nSPS) is 18.7. The summed E-state index contributed by atoms with van der Waals surface area (Å²) in [6.07, 6.45) is 2.66. The average Bonchev–Trinajstić information content (AvgIpc) is 3.31. The van der Waals surface area contributed by atoms with Gasteiger partial charge in [0.15, 0.2) is 0 Å². The zero-order valence-corrected chi connectivity index (χ0v) is 14.4. The molecular formula is C19H30O3. The molecule has 0 N–H and O–H groups in total. The second-order valence-corrected chi connectivity index (χ2v) is 6.92. The van der Waals surface area contributed by atoms with Gasteiger partial charge in [-0.1, -0.05) is 39.8 Å². The number of benzene rings is 1. The van der Waals surface area contributed by atoms with E-state index in [0.717, 1.165) is 25.2 Å². The maximum Gasteiger partial charge on any atom is 0.119 e. The van der Waals surface area contributed by atoms with Crippen molar-refractivity contribution in [1.29, 1.82) is 0 Å². The Balaban J connectivity index is 1.79. The highest BCUT2D eigenvalue weighted by atomic mass is 16.6. The van der Waals surface area contributed by atoms with E-state index in [2.05, 4.69) is 52.0 Å². The van der Waals surface area contributed by atoms with E-state index >= 15 is 0 Å². The van der Waals surface area contributed by atoms with Crippen LogP contribution in [0.15, 0.2) is 24.3 Å². The van der Waals surface area contributed by atoms with Crippen LogP contribution in [0.4, 0.5) is 0 Å². The van der Waals surface area contributed by atoms with Gasteiger partial charge in [0.25, 0.3) is 0 Å². The van der Waals surface area contributed by atoms with Crippen LogP contribution in [-0.2, 0) is 9.47 Å². The molecule has 124 valence electrons. The zero-order chi connectivity index (χ0) is 15.9. The van der Waals surface area contributed by atoms with Crippen molar-refractivity contribution in [2.75, 3.05) is 19.8 Å². The highest BCUT2D eigenvalue weighted by molar-refractivity contribution is 5.28. The average molecular weight is 306 g/mol. The minimum atomic E-state index is 0.149. The number of rotatable bonds is 10. The predicted molar refractivity (Wildman–Crippen MR) is 89.6 cm³/mol. The first-order chi connectivity index (χ1) is 10.5. The van der Waals surface area contributed by atoms with E-state index in [1.165, 1.54) is 5.56 Å². The van der Waals surface area contributed by atoms with Gasteiger partial charge in [-0.15, -0.1) is 0 Å². The van der Waals surface area contributed by atoms with Crippen LogP contribution < -0.4 is 4.74 Å². The van der Waals surface area contributed by atoms with Crippen molar-refractivity contribution >= 4 is 0 Å². The van der Waals surface area contributed by atoms with Crippen molar-refractivity contribution < 1.29 is 14.2 Å². The Morgan fingerprint density at radius 3 is 2.32 bits per heavy atom. The summed E-state index contributed by atoms with van der Waals surface area (Å²) < 4.78 is 17.1. The fourth-order valence-corrected chi connectivity index (χ4v) is 2.28. The standard InChI is InChI=1S/C19H30O3/c1-14(2)5-8-18(21-12-19-13-22-19)11-20-17-9-6-16(7-10-17)15(3)4/h6-7,9-10,14-15,18-19H,5,8,11-13H2,1-4H3. The van der Waals surface area contributed by atoms with Crippen LogP contribution in [-0.4, -0.2) is 32.0 Å². The van der Waals surface area contributed by atoms with Gasteiger partial charge in [-0.3, -0.25) is 0 Å². The monoisotopic (exact) mass is 306 g/mol. The molecule has 3 heteroatoms. The molecule has 1 aliphatic rings. The third-order valence-electron chi connectivity index (χ3n) is 3.97. The fraction of sp³-hybridized carbons (Fsp3) is 0.684. The Morgan fingerprint density at radius 1 is 1.09 bits per heavy atom. The van der Waals surface area contributed by atoms with Crippen LogP contribution in [0.3, 0.4) is 0 Å². The van der Waals surface area contributed by atoms with E-state index in [1.807, 2.05) is 0 Å². The van der Waals surface area contributed by atoms with E-state index < -0.39 is 0 Å². The molecule has 0 aliphatic carbocycles. The molecule has 3 nitrogen and oxygen atoms in total. The second-order valence-electron chi connectivity index (χ2n) is 6.92. The van der Waals surface area contributed by atoms with Crippen molar-refractivity contribution in [1.82, 2.24) is 0 Å². The largest absolute Gasteiger partial charge is 0.491 e. The van der Waals surface area contributed by atoms with Gasteiger partial charge in [-0.2, -0.15) is 0 Å². The summed E-state index contributed by atoms with van der Waals surface area (Å²) in [6.45, 7) is 11.0. The molecule has 1 aliphatic heterocycles. The van der Waals surface area contributed by atoms with Gasteiger partial charge in [0, 0.05) is 0 Å². The van der Waals surface area contributed by atoms with E-state index in [1.54, 1.807) is 0 Å². The maximum absolute atomic E-state index is 5.95. The van der Waals surface area contributed by atoms with Crippen LogP contribution in [0, 0.1) is 5.92 Å². The summed E-state index contributed by atoms with van der Waals surface area (Å²) in [6, 6.07) is 8.39. The van der Waals surface area contributed by atoms with Crippen molar-refractivity contribution in [3.05, 3.63) is 29.8 Å². The van der Waals surface area contributed by atoms with Crippen LogP contribution in [0.2, 0.25) is 0 Å². The quantitative estimate of drug-likeness (QED) is 0.600. The molecule has 1 fully saturated rings. The molecule has 0 amide bonds. The topological polar surface area (TPSA) is 31.0 Å². The Hall–Kier alpha value is -1.06. The highest BCUT2D eigenvalue weighted by Crippen LogP contribution is 2.20. The van der Waals surface area contributed by atoms with Crippen molar-refractivity contribution in [3.63, 3.8) is 0 Å². The minimum absolute atomic E-state index is 0.149. The van der Waals surface area contributed by atoms with Crippen molar-refractivity contribution in [2.45, 2.75) is 58.7 Å². The number of hydrogen-bond acceptors (Lipinski definition) is 3. The molecule has 0 saturated carbocycles. The SMILES string of the molecule is CC(C)CCC(COc1ccc(C(C)C)cc1)OCC1CO1. The first-order valence-corrected chi connectivity index (χ1v) is 8.50. The third kappa shape index (κ3) is 6.37. The highest BCUT2D eigenvalue weighted by Gasteiger charge is 2.24. The predicted octanol–water partition coefficient (Wildman–Crippen LogP) is 4.41. The summed E-state index contributed by atoms with van der Waals surface area (Å²) in [5.74, 6) is 2.16. The molecular weight excluding hydrogens is 276 g/mol. The van der Waals surface area contributed by atoms with Crippen LogP contribution in [0.1, 0.15) is 52.0 Å². The van der Waals surface area contributed by atoms with Crippen molar-refractivity contribution in [2.24, 2.45) is 5.92 Å². The summed E-state index contributed by atoms with van der Waals surface area (Å²) in [5, 5.41) is 0. The number of hydrogen-bond donors (Lipinski definition) is 0. The van der Waals surface area contributed by atoms with Gasteiger partial charge >= 0.3 is 0 Å². The lowest BCUT2D eigenvalue weighted by molar-refractivity contribution is 0.00513. The van der Waals surface area contributed by atoms with Crippen LogP contribution in [0.5, 0.6) is 5.75 Å². The fourth-order valence-electron chi connectivity index (χ4n) is 2.28. The maximum atomic E-state index is 5.95. The number of epoxide rings is 1. The van der Waals surface area contributed by atoms with Gasteiger partial charge in [0.1, 0.15) is 18.5 Å². The van der Waals surface area contributed by atoms with Gasteiger partial charge in [0.2, 0.25) is 0 Å². The van der Waals surface area contributed by atoms with Crippen LogP contribution >= 0.6 is 0 Å². The Kier molecular flexibility index (Phi) is 6.71. The molecule has 2 atom stereocenters. The van der Waals surface area contributed by atoms with E-state index in [4.69, 9.17) is 14.2 Å². The van der Waals surface area contributed by atoms with Gasteiger partial charge < -0.3 is 14.2 Å². The lowest BCUT2D eigenvalue weighted by atomic mass is 10.0. The Bertz CT molecular complexity index is 415. The van der Waals surface area contributed by atoms with Crippen LogP contribution in [0.25, 0.3) is 0 Å². The lowest BCUT2D eigenvalue weighted by Gasteiger charge is -2.19. The minimum Gasteiger partial charge on any atom is -0.491 e. The van der Waals surface area contributed by atoms with E-state index in [9.17, 15) is 0 Å². The molecule has 2 unspecified atom stereocenters. The third-order valence-corrected chi connectivity index (χ3v) is 3.97. The second kappa shape index (κ2) is 8.54. The molecule has 1 aromatic rings. The molecule has 0 radical (unpaired) electrons. The van der Waals surface area contributed by atoms with Gasteiger partial charge in [-0.25, -0.2) is 0 Å². The summed E-state index contributed by atoms with van der Waals surface area (Å²) in [7, 11) is 0. The zero-order valence-electron chi connectivity index (χ0n) is 14.4. The molecule has 1 aromatic carbocycles. The number of ether oxygens (including phenoxy) is 3. The van der Waals surface area contributed by atoms with Crippen molar-refractivity contribution in [3.8, 4) is 5.75 Å². The summed E-state index contributed by atoms with van der Waals surface area (Å²) in [4.78, 5) is 0. The molecule has 1 heterocycles. The molecule has 0 bridgehead atoms. The smallest absolute Gasteiger partial charge is 0.119 e. The summed E-state index contributed by atoms with van der Waals surface area (Å²) in [5.41, 5.74) is 1.34. The van der Waals surface area contributed by atoms with E-state index in [0.29, 0.717) is 31.2 Å². The first kappa shape index (κ1) is 17.3. The van der Waals surface area contributed by atoms with E-state index in [-0.39, 0.29) is 6.10 Å². The molecule has 2 rings (SSSR count). The van der Waals surface area contributed by atoms with Gasteiger partial charge in [-0.05, 0) is 42.4 Å². The molecule has 0 aromatic heterocycles.